The van der Waals surface area contributed by atoms with Crippen molar-refractivity contribution in [3.8, 4) is 11.4 Å². The van der Waals surface area contributed by atoms with E-state index >= 15 is 0 Å². The molecular formula is C22H23FN2O3S. The number of aryl methyl sites for hydroxylation is 2. The first-order valence-corrected chi connectivity index (χ1v) is 10.9. The summed E-state index contributed by atoms with van der Waals surface area (Å²) in [7, 11) is -2.39. The molecule has 0 spiro atoms. The summed E-state index contributed by atoms with van der Waals surface area (Å²) in [4.78, 5) is 0.154. The van der Waals surface area contributed by atoms with Crippen molar-refractivity contribution >= 4 is 15.7 Å². The van der Waals surface area contributed by atoms with Gasteiger partial charge in [0.2, 0.25) is 0 Å². The average Bonchev–Trinajstić information content (AvgIpc) is 3.08. The molecule has 0 saturated carbocycles. The van der Waals surface area contributed by atoms with E-state index in [0.717, 1.165) is 17.0 Å². The van der Waals surface area contributed by atoms with Gasteiger partial charge < -0.3 is 9.30 Å². The summed E-state index contributed by atoms with van der Waals surface area (Å²) in [5, 5.41) is 0. The lowest BCUT2D eigenvalue weighted by Crippen LogP contribution is -2.39. The molecule has 2 heterocycles. The number of sulfonamides is 1. The van der Waals surface area contributed by atoms with Crippen molar-refractivity contribution in [1.82, 2.24) is 4.57 Å². The summed E-state index contributed by atoms with van der Waals surface area (Å²) >= 11 is 0. The standard InChI is InChI=1S/C22H23FN2O3S/c1-5-18-19-9-6-15(3)24(19)20-10-7-16(23)13-21(20)25(18)29(26,27)17-8-11-22(28-4)14(2)12-17/h6-13,18H,5H2,1-4H3. The molecule has 152 valence electrons. The quantitative estimate of drug-likeness (QED) is 0.610. The molecule has 0 aliphatic carbocycles. The van der Waals surface area contributed by atoms with Gasteiger partial charge in [0.1, 0.15) is 11.6 Å². The van der Waals surface area contributed by atoms with Gasteiger partial charge in [0.15, 0.2) is 0 Å². The van der Waals surface area contributed by atoms with Gasteiger partial charge in [-0.25, -0.2) is 12.8 Å². The van der Waals surface area contributed by atoms with Gasteiger partial charge in [-0.3, -0.25) is 4.31 Å². The van der Waals surface area contributed by atoms with Crippen LogP contribution in [0.2, 0.25) is 0 Å². The second-order valence-corrected chi connectivity index (χ2v) is 9.04. The Morgan fingerprint density at radius 2 is 1.79 bits per heavy atom. The highest BCUT2D eigenvalue weighted by Crippen LogP contribution is 2.45. The van der Waals surface area contributed by atoms with Crippen LogP contribution >= 0.6 is 0 Å². The number of anilines is 1. The van der Waals surface area contributed by atoms with Crippen LogP contribution in [0.15, 0.2) is 53.4 Å². The molecule has 29 heavy (non-hydrogen) atoms. The maximum atomic E-state index is 14.2. The average molecular weight is 415 g/mol. The maximum Gasteiger partial charge on any atom is 0.265 e. The number of aromatic nitrogens is 1. The van der Waals surface area contributed by atoms with Crippen molar-refractivity contribution in [2.75, 3.05) is 11.4 Å². The van der Waals surface area contributed by atoms with E-state index in [2.05, 4.69) is 0 Å². The van der Waals surface area contributed by atoms with Crippen LogP contribution in [-0.2, 0) is 10.0 Å². The fourth-order valence-electron chi connectivity index (χ4n) is 4.09. The van der Waals surface area contributed by atoms with E-state index in [1.807, 2.05) is 30.5 Å². The molecule has 7 heteroatoms. The molecule has 1 aliphatic heterocycles. The van der Waals surface area contributed by atoms with Crippen LogP contribution in [0.3, 0.4) is 0 Å². The summed E-state index contributed by atoms with van der Waals surface area (Å²) < 4.78 is 50.3. The van der Waals surface area contributed by atoms with Crippen molar-refractivity contribution in [3.63, 3.8) is 0 Å². The highest BCUT2D eigenvalue weighted by atomic mass is 32.2. The van der Waals surface area contributed by atoms with Crippen molar-refractivity contribution in [1.29, 1.82) is 0 Å². The van der Waals surface area contributed by atoms with E-state index in [0.29, 0.717) is 23.5 Å². The molecule has 0 amide bonds. The Balaban J connectivity index is 1.97. The third-order valence-corrected chi connectivity index (χ3v) is 7.28. The second-order valence-electron chi connectivity index (χ2n) is 7.22. The Bertz CT molecular complexity index is 1200. The molecule has 5 nitrogen and oxygen atoms in total. The lowest BCUT2D eigenvalue weighted by Gasteiger charge is -2.39. The van der Waals surface area contributed by atoms with Gasteiger partial charge in [-0.1, -0.05) is 6.92 Å². The summed E-state index contributed by atoms with van der Waals surface area (Å²) in [5.41, 5.74) is 3.57. The van der Waals surface area contributed by atoms with Crippen LogP contribution in [0, 0.1) is 19.7 Å². The van der Waals surface area contributed by atoms with E-state index in [4.69, 9.17) is 4.74 Å². The molecule has 0 saturated heterocycles. The van der Waals surface area contributed by atoms with E-state index in [9.17, 15) is 12.8 Å². The molecule has 4 rings (SSSR count). The summed E-state index contributed by atoms with van der Waals surface area (Å²) in [6.45, 7) is 5.69. The predicted molar refractivity (Wildman–Crippen MR) is 111 cm³/mol. The number of fused-ring (bicyclic) bond motifs is 3. The summed E-state index contributed by atoms with van der Waals surface area (Å²) in [6.07, 6.45) is 0.549. The SMILES string of the molecule is CCC1c2ccc(C)n2-c2ccc(F)cc2N1S(=O)(=O)c1ccc(OC)c(C)c1. The fraction of sp³-hybridized carbons (Fsp3) is 0.273. The predicted octanol–water partition coefficient (Wildman–Crippen LogP) is 4.90. The number of rotatable bonds is 4. The minimum Gasteiger partial charge on any atom is -0.496 e. The second kappa shape index (κ2) is 6.91. The molecule has 1 atom stereocenters. The van der Waals surface area contributed by atoms with Crippen LogP contribution in [0.5, 0.6) is 5.75 Å². The van der Waals surface area contributed by atoms with Crippen molar-refractivity contribution < 1.29 is 17.5 Å². The molecule has 0 bridgehead atoms. The third-order valence-electron chi connectivity index (χ3n) is 5.46. The number of hydrogen-bond donors (Lipinski definition) is 0. The third kappa shape index (κ3) is 2.92. The Hall–Kier alpha value is -2.80. The van der Waals surface area contributed by atoms with Gasteiger partial charge in [-0.15, -0.1) is 0 Å². The van der Waals surface area contributed by atoms with Gasteiger partial charge in [-0.2, -0.15) is 0 Å². The zero-order chi connectivity index (χ0) is 20.9. The van der Waals surface area contributed by atoms with Gasteiger partial charge in [0, 0.05) is 17.5 Å². The lowest BCUT2D eigenvalue weighted by molar-refractivity contribution is 0.411. The van der Waals surface area contributed by atoms with Crippen LogP contribution in [0.25, 0.3) is 5.69 Å². The first-order valence-electron chi connectivity index (χ1n) is 9.46. The van der Waals surface area contributed by atoms with Crippen LogP contribution < -0.4 is 9.04 Å². The number of ether oxygens (including phenoxy) is 1. The molecule has 2 aromatic carbocycles. The van der Waals surface area contributed by atoms with Gasteiger partial charge in [-0.05, 0) is 68.3 Å². The Kier molecular flexibility index (Phi) is 4.65. The van der Waals surface area contributed by atoms with Gasteiger partial charge >= 0.3 is 0 Å². The lowest BCUT2D eigenvalue weighted by atomic mass is 10.1. The zero-order valence-corrected chi connectivity index (χ0v) is 17.6. The monoisotopic (exact) mass is 414 g/mol. The van der Waals surface area contributed by atoms with Crippen LogP contribution in [-0.4, -0.2) is 20.1 Å². The van der Waals surface area contributed by atoms with Gasteiger partial charge in [0.25, 0.3) is 10.0 Å². The number of hydrogen-bond acceptors (Lipinski definition) is 3. The van der Waals surface area contributed by atoms with Crippen LogP contribution in [0.1, 0.15) is 36.3 Å². The first-order chi connectivity index (χ1) is 13.8. The van der Waals surface area contributed by atoms with Gasteiger partial charge in [0.05, 0.1) is 29.4 Å². The number of nitrogens with zero attached hydrogens (tertiary/aromatic N) is 2. The van der Waals surface area contributed by atoms with Crippen LogP contribution in [0.4, 0.5) is 10.1 Å². The normalized spacial score (nSPS) is 15.8. The first kappa shape index (κ1) is 19.5. The van der Waals surface area contributed by atoms with E-state index in [1.165, 1.54) is 22.5 Å². The Morgan fingerprint density at radius 3 is 2.45 bits per heavy atom. The highest BCUT2D eigenvalue weighted by Gasteiger charge is 2.39. The van der Waals surface area contributed by atoms with E-state index in [-0.39, 0.29) is 4.90 Å². The topological polar surface area (TPSA) is 51.5 Å². The molecule has 1 aromatic heterocycles. The Morgan fingerprint density at radius 1 is 1.03 bits per heavy atom. The molecule has 1 unspecified atom stereocenters. The largest absolute Gasteiger partial charge is 0.496 e. The molecule has 3 aromatic rings. The minimum atomic E-state index is -3.94. The minimum absolute atomic E-state index is 0.154. The maximum absolute atomic E-state index is 14.2. The number of methoxy groups -OCH3 is 1. The molecule has 0 fully saturated rings. The van der Waals surface area contributed by atoms with E-state index in [1.54, 1.807) is 32.2 Å². The Labute approximate surface area is 170 Å². The van der Waals surface area contributed by atoms with Crippen molar-refractivity contribution in [3.05, 3.63) is 71.3 Å². The summed E-state index contributed by atoms with van der Waals surface area (Å²) in [5.74, 6) is 0.142. The summed E-state index contributed by atoms with van der Waals surface area (Å²) in [6, 6.07) is 12.5. The smallest absolute Gasteiger partial charge is 0.265 e. The number of halogens is 1. The zero-order valence-electron chi connectivity index (χ0n) is 16.8. The fourth-order valence-corrected chi connectivity index (χ4v) is 5.89. The number of benzene rings is 2. The molecule has 0 N–H and O–H groups in total. The molecule has 1 aliphatic rings. The highest BCUT2D eigenvalue weighted by molar-refractivity contribution is 7.92. The molecule has 0 radical (unpaired) electrons. The van der Waals surface area contributed by atoms with E-state index < -0.39 is 21.9 Å². The van der Waals surface area contributed by atoms with Crippen molar-refractivity contribution in [2.45, 2.75) is 38.1 Å². The van der Waals surface area contributed by atoms with Crippen molar-refractivity contribution in [2.24, 2.45) is 0 Å². The molecular weight excluding hydrogens is 391 g/mol.